The van der Waals surface area contributed by atoms with E-state index in [1.165, 1.54) is 0 Å². The van der Waals surface area contributed by atoms with Crippen LogP contribution in [0.4, 0.5) is 0 Å². The van der Waals surface area contributed by atoms with Gasteiger partial charge in [0.15, 0.2) is 16.9 Å². The zero-order valence-electron chi connectivity index (χ0n) is 15.1. The minimum Gasteiger partial charge on any atom is -0.439 e. The fourth-order valence-corrected chi connectivity index (χ4v) is 23.1. The van der Waals surface area contributed by atoms with Crippen molar-refractivity contribution in [3.8, 4) is 0 Å². The molecule has 2 atom stereocenters. The second-order valence-electron chi connectivity index (χ2n) is 8.06. The Kier molecular flexibility index (Phi) is 7.10. The topological polar surface area (TPSA) is 27.7 Å². The molecule has 20 heavy (non-hydrogen) atoms. The van der Waals surface area contributed by atoms with Crippen LogP contribution in [-0.2, 0) is 12.3 Å². The van der Waals surface area contributed by atoms with Gasteiger partial charge in [0.25, 0.3) is 0 Å². The summed E-state index contributed by atoms with van der Waals surface area (Å²) in [5.74, 6) is 0. The SMILES string of the molecule is C=C[Si](C)(O[SiH](C)[Si](C)(C)C)O[Si](C)(C)O[Si](C)(C)C. The smallest absolute Gasteiger partial charge is 0.341 e. The van der Waals surface area contributed by atoms with Crippen LogP contribution >= 0.6 is 0 Å². The average molecular weight is 367 g/mol. The summed E-state index contributed by atoms with van der Waals surface area (Å²) >= 11 is 0. The Hall–Kier alpha value is 0.704. The molecule has 8 heteroatoms. The lowest BCUT2D eigenvalue weighted by Crippen LogP contribution is -2.57. The van der Waals surface area contributed by atoms with Gasteiger partial charge in [-0.2, -0.15) is 0 Å². The van der Waals surface area contributed by atoms with Crippen molar-refractivity contribution in [3.05, 3.63) is 12.3 Å². The van der Waals surface area contributed by atoms with Gasteiger partial charge in [-0.25, -0.2) is 0 Å². The van der Waals surface area contributed by atoms with Gasteiger partial charge in [-0.15, -0.1) is 6.58 Å². The van der Waals surface area contributed by atoms with E-state index in [0.29, 0.717) is 0 Å². The van der Waals surface area contributed by atoms with E-state index >= 15 is 0 Å². The summed E-state index contributed by atoms with van der Waals surface area (Å²) in [4.78, 5) is 0. The summed E-state index contributed by atoms with van der Waals surface area (Å²) in [6.45, 7) is 26.4. The Balaban J connectivity index is 4.95. The minimum absolute atomic E-state index is 1.19. The number of rotatable bonds is 8. The van der Waals surface area contributed by atoms with Crippen LogP contribution in [-0.4, -0.2) is 41.6 Å². The fourth-order valence-electron chi connectivity index (χ4n) is 1.89. The Bertz CT molecular complexity index is 335. The summed E-state index contributed by atoms with van der Waals surface area (Å²) in [6.07, 6.45) is 0. The van der Waals surface area contributed by atoms with Gasteiger partial charge in [-0.05, 0) is 39.3 Å². The van der Waals surface area contributed by atoms with E-state index in [1.54, 1.807) is 0 Å². The molecule has 0 saturated carbocycles. The lowest BCUT2D eigenvalue weighted by molar-refractivity contribution is 0.342. The Morgan fingerprint density at radius 1 is 0.850 bits per heavy atom. The fraction of sp³-hybridized carbons (Fsp3) is 0.833. The van der Waals surface area contributed by atoms with Crippen molar-refractivity contribution < 1.29 is 12.3 Å². The van der Waals surface area contributed by atoms with Crippen molar-refractivity contribution in [1.29, 1.82) is 0 Å². The van der Waals surface area contributed by atoms with E-state index in [-0.39, 0.29) is 0 Å². The van der Waals surface area contributed by atoms with Gasteiger partial charge < -0.3 is 12.3 Å². The molecule has 0 radical (unpaired) electrons. The Morgan fingerprint density at radius 3 is 1.60 bits per heavy atom. The number of hydrogen-bond acceptors (Lipinski definition) is 3. The maximum atomic E-state index is 6.47. The highest BCUT2D eigenvalue weighted by Gasteiger charge is 2.43. The molecule has 3 nitrogen and oxygen atoms in total. The van der Waals surface area contributed by atoms with Gasteiger partial charge in [0.05, 0.1) is 7.59 Å². The highest BCUT2D eigenvalue weighted by atomic mass is 29.2. The van der Waals surface area contributed by atoms with E-state index in [4.69, 9.17) is 12.3 Å². The van der Waals surface area contributed by atoms with Crippen LogP contribution in [0.2, 0.25) is 65.5 Å². The first-order valence-corrected chi connectivity index (χ1v) is 22.9. The molecule has 0 amide bonds. The molecule has 0 spiro atoms. The molecular formula is C12H34O3Si5. The Morgan fingerprint density at radius 2 is 1.30 bits per heavy atom. The maximum absolute atomic E-state index is 6.47. The van der Waals surface area contributed by atoms with Crippen molar-refractivity contribution >= 4 is 41.6 Å². The second kappa shape index (κ2) is 6.86. The van der Waals surface area contributed by atoms with Crippen LogP contribution in [0.15, 0.2) is 12.3 Å². The molecule has 0 aromatic rings. The van der Waals surface area contributed by atoms with Gasteiger partial charge >= 0.3 is 17.1 Å². The van der Waals surface area contributed by atoms with Crippen molar-refractivity contribution in [2.24, 2.45) is 0 Å². The predicted molar refractivity (Wildman–Crippen MR) is 102 cm³/mol. The van der Waals surface area contributed by atoms with Gasteiger partial charge in [-0.3, -0.25) is 0 Å². The second-order valence-corrected chi connectivity index (χ2v) is 33.8. The van der Waals surface area contributed by atoms with Crippen LogP contribution in [0.3, 0.4) is 0 Å². The Labute approximate surface area is 131 Å². The molecule has 0 N–H and O–H groups in total. The summed E-state index contributed by atoms with van der Waals surface area (Å²) in [5, 5.41) is 0. The van der Waals surface area contributed by atoms with Crippen LogP contribution < -0.4 is 0 Å². The van der Waals surface area contributed by atoms with Gasteiger partial charge in [0.2, 0.25) is 0 Å². The van der Waals surface area contributed by atoms with E-state index in [9.17, 15) is 0 Å². The van der Waals surface area contributed by atoms with Crippen molar-refractivity contribution in [2.45, 2.75) is 65.5 Å². The van der Waals surface area contributed by atoms with E-state index in [0.717, 1.165) is 0 Å². The summed E-state index contributed by atoms with van der Waals surface area (Å²) in [7, 11) is -8.46. The molecule has 0 rings (SSSR count). The first-order chi connectivity index (χ1) is 8.60. The zero-order chi connectivity index (χ0) is 16.4. The lowest BCUT2D eigenvalue weighted by atomic mass is 11.3. The van der Waals surface area contributed by atoms with Crippen molar-refractivity contribution in [2.75, 3.05) is 0 Å². The van der Waals surface area contributed by atoms with Crippen LogP contribution in [0.25, 0.3) is 0 Å². The van der Waals surface area contributed by atoms with Crippen molar-refractivity contribution in [3.63, 3.8) is 0 Å². The third-order valence-electron chi connectivity index (χ3n) is 3.00. The van der Waals surface area contributed by atoms with E-state index in [2.05, 4.69) is 72.0 Å². The highest BCUT2D eigenvalue weighted by molar-refractivity contribution is 7.30. The largest absolute Gasteiger partial charge is 0.439 e. The molecule has 0 bridgehead atoms. The monoisotopic (exact) mass is 366 g/mol. The van der Waals surface area contributed by atoms with Crippen LogP contribution in [0.5, 0.6) is 0 Å². The summed E-state index contributed by atoms with van der Waals surface area (Å²) < 4.78 is 19.2. The van der Waals surface area contributed by atoms with Gasteiger partial charge in [0, 0.05) is 0 Å². The van der Waals surface area contributed by atoms with Crippen LogP contribution in [0, 0.1) is 0 Å². The molecule has 0 aromatic heterocycles. The van der Waals surface area contributed by atoms with Crippen molar-refractivity contribution in [1.82, 2.24) is 0 Å². The first kappa shape index (κ1) is 20.7. The van der Waals surface area contributed by atoms with E-state index in [1.807, 2.05) is 5.70 Å². The molecule has 0 aromatic carbocycles. The van der Waals surface area contributed by atoms with Crippen LogP contribution in [0.1, 0.15) is 0 Å². The maximum Gasteiger partial charge on any atom is 0.341 e. The average Bonchev–Trinajstić information content (AvgIpc) is 2.10. The molecule has 0 aliphatic carbocycles. The molecule has 120 valence electrons. The molecule has 0 aliphatic rings. The molecule has 0 heterocycles. The minimum atomic E-state index is -2.31. The normalized spacial score (nSPS) is 18.5. The van der Waals surface area contributed by atoms with E-state index < -0.39 is 41.6 Å². The summed E-state index contributed by atoms with van der Waals surface area (Å²) in [5.41, 5.74) is 1.93. The molecule has 0 saturated heterocycles. The molecule has 0 fully saturated rings. The quantitative estimate of drug-likeness (QED) is 0.604. The standard InChI is InChI=1S/C12H34O3Si5/c1-12-20(11,13-16(2)18(6,7)8)15-19(9,10)14-17(3,4)5/h12,16H,1H2,2-11H3. The number of hydrogen-bond donors (Lipinski definition) is 0. The predicted octanol–water partition coefficient (Wildman–Crippen LogP) is 4.14. The summed E-state index contributed by atoms with van der Waals surface area (Å²) in [6, 6.07) is 0. The third kappa shape index (κ3) is 8.22. The zero-order valence-corrected chi connectivity index (χ0v) is 20.2. The highest BCUT2D eigenvalue weighted by Crippen LogP contribution is 2.23. The van der Waals surface area contributed by atoms with Gasteiger partial charge in [0.1, 0.15) is 0 Å². The lowest BCUT2D eigenvalue weighted by Gasteiger charge is -2.39. The molecule has 0 aliphatic heterocycles. The molecular weight excluding hydrogens is 333 g/mol. The van der Waals surface area contributed by atoms with Gasteiger partial charge in [-0.1, -0.05) is 31.9 Å². The third-order valence-corrected chi connectivity index (χ3v) is 25.9. The first-order valence-electron chi connectivity index (χ1n) is 7.32. The molecule has 2 unspecified atom stereocenters.